The van der Waals surface area contributed by atoms with Crippen LogP contribution < -0.4 is 15.4 Å². The van der Waals surface area contributed by atoms with Crippen LogP contribution in [0.1, 0.15) is 6.92 Å². The summed E-state index contributed by atoms with van der Waals surface area (Å²) in [6.45, 7) is 1.71. The monoisotopic (exact) mass is 604 g/mol. The van der Waals surface area contributed by atoms with E-state index in [1.54, 1.807) is 30.5 Å². The molecule has 39 heavy (non-hydrogen) atoms. The van der Waals surface area contributed by atoms with E-state index in [9.17, 15) is 13.5 Å². The molecule has 4 aromatic rings. The molecule has 0 saturated heterocycles. The van der Waals surface area contributed by atoms with E-state index in [4.69, 9.17) is 28.0 Å². The molecular formula is C26H26Cl2N6O3S2. The highest BCUT2D eigenvalue weighted by Crippen LogP contribution is 2.32. The van der Waals surface area contributed by atoms with Crippen molar-refractivity contribution >= 4 is 67.1 Å². The number of halogens is 2. The highest BCUT2D eigenvalue weighted by Gasteiger charge is 2.20. The predicted octanol–water partition coefficient (Wildman–Crippen LogP) is 6.16. The molecule has 0 spiro atoms. The average molecular weight is 606 g/mol. The van der Waals surface area contributed by atoms with Crippen LogP contribution in [0.5, 0.6) is 0 Å². The van der Waals surface area contributed by atoms with Crippen molar-refractivity contribution in [3.63, 3.8) is 0 Å². The second kappa shape index (κ2) is 12.3. The lowest BCUT2D eigenvalue weighted by Crippen LogP contribution is -2.21. The van der Waals surface area contributed by atoms with Crippen LogP contribution in [0.25, 0.3) is 11.1 Å². The molecule has 1 aromatic heterocycles. The van der Waals surface area contributed by atoms with Crippen molar-refractivity contribution < 1.29 is 13.5 Å². The molecule has 9 nitrogen and oxygen atoms in total. The summed E-state index contributed by atoms with van der Waals surface area (Å²) < 4.78 is 36.2. The average Bonchev–Trinajstić information content (AvgIpc) is 2.91. The van der Waals surface area contributed by atoms with Crippen LogP contribution in [0.2, 0.25) is 10.0 Å². The fourth-order valence-corrected chi connectivity index (χ4v) is 5.96. The quantitative estimate of drug-likeness (QED) is 0.146. The van der Waals surface area contributed by atoms with Gasteiger partial charge in [-0.15, -0.1) is 0 Å². The Labute approximate surface area is 239 Å². The van der Waals surface area contributed by atoms with Gasteiger partial charge in [-0.2, -0.15) is 4.98 Å². The summed E-state index contributed by atoms with van der Waals surface area (Å²) >= 11 is 12.1. The molecular weight excluding hydrogens is 579 g/mol. The first-order valence-corrected chi connectivity index (χ1v) is 15.5. The smallest absolute Gasteiger partial charge is 0.263 e. The SMILES string of the molecule is C[C@H](CO)Nc1nc(Nc2cccc(S(C)=N)c2)ncc1-c1ccc(NS(=O)(=O)c2cccc(Cl)c2Cl)cc1. The zero-order chi connectivity index (χ0) is 28.2. The molecule has 204 valence electrons. The van der Waals surface area contributed by atoms with Crippen molar-refractivity contribution in [1.29, 1.82) is 4.78 Å². The highest BCUT2D eigenvalue weighted by atomic mass is 35.5. The first-order chi connectivity index (χ1) is 18.6. The minimum atomic E-state index is -3.97. The minimum Gasteiger partial charge on any atom is -0.394 e. The first-order valence-electron chi connectivity index (χ1n) is 11.6. The molecule has 0 aliphatic heterocycles. The van der Waals surface area contributed by atoms with Gasteiger partial charge in [0.2, 0.25) is 5.95 Å². The van der Waals surface area contributed by atoms with E-state index >= 15 is 0 Å². The molecule has 0 aliphatic carbocycles. The van der Waals surface area contributed by atoms with Gasteiger partial charge in [-0.05, 0) is 61.2 Å². The second-order valence-corrected chi connectivity index (χ2v) is 12.5. The molecule has 0 aliphatic rings. The van der Waals surface area contributed by atoms with E-state index < -0.39 is 20.7 Å². The molecule has 2 atom stereocenters. The van der Waals surface area contributed by atoms with Crippen LogP contribution in [-0.4, -0.2) is 42.4 Å². The van der Waals surface area contributed by atoms with Gasteiger partial charge in [-0.1, -0.05) is 58.2 Å². The van der Waals surface area contributed by atoms with Gasteiger partial charge in [0.15, 0.2) is 0 Å². The maximum absolute atomic E-state index is 12.9. The van der Waals surface area contributed by atoms with Gasteiger partial charge in [0.1, 0.15) is 10.7 Å². The summed E-state index contributed by atoms with van der Waals surface area (Å²) in [4.78, 5) is 9.83. The lowest BCUT2D eigenvalue weighted by Gasteiger charge is -2.17. The molecule has 0 amide bonds. The van der Waals surface area contributed by atoms with E-state index in [1.165, 1.54) is 18.2 Å². The number of aliphatic hydroxyl groups is 1. The van der Waals surface area contributed by atoms with Crippen molar-refractivity contribution in [3.05, 3.63) is 83.0 Å². The molecule has 0 saturated carbocycles. The maximum Gasteiger partial charge on any atom is 0.263 e. The van der Waals surface area contributed by atoms with Crippen LogP contribution in [0, 0.1) is 4.78 Å². The van der Waals surface area contributed by atoms with Gasteiger partial charge < -0.3 is 15.7 Å². The topological polar surface area (TPSA) is 140 Å². The van der Waals surface area contributed by atoms with Gasteiger partial charge in [-0.3, -0.25) is 9.50 Å². The molecule has 0 radical (unpaired) electrons. The van der Waals surface area contributed by atoms with Gasteiger partial charge in [0, 0.05) is 34.1 Å². The molecule has 1 unspecified atom stereocenters. The van der Waals surface area contributed by atoms with Crippen LogP contribution in [-0.2, 0) is 20.7 Å². The number of anilines is 4. The van der Waals surface area contributed by atoms with E-state index in [1.807, 2.05) is 37.4 Å². The zero-order valence-electron chi connectivity index (χ0n) is 20.9. The van der Waals surface area contributed by atoms with E-state index in [2.05, 4.69) is 25.3 Å². The van der Waals surface area contributed by atoms with Gasteiger partial charge in [0.05, 0.1) is 16.7 Å². The number of nitrogens with one attached hydrogen (secondary N) is 4. The third-order valence-corrected chi connectivity index (χ3v) is 8.86. The third-order valence-electron chi connectivity index (χ3n) is 5.54. The Morgan fingerprint density at radius 1 is 1.05 bits per heavy atom. The number of aliphatic hydroxyl groups excluding tert-OH is 1. The number of hydrogen-bond donors (Lipinski definition) is 5. The van der Waals surface area contributed by atoms with Crippen LogP contribution in [0.4, 0.5) is 23.1 Å². The normalized spacial score (nSPS) is 12.9. The number of hydrogen-bond acceptors (Lipinski definition) is 8. The Morgan fingerprint density at radius 2 is 1.77 bits per heavy atom. The van der Waals surface area contributed by atoms with E-state index in [-0.39, 0.29) is 27.6 Å². The number of nitrogens with zero attached hydrogens (tertiary/aromatic N) is 2. The Bertz CT molecular complexity index is 1620. The van der Waals surface area contributed by atoms with Crippen molar-refractivity contribution in [2.45, 2.75) is 22.8 Å². The third kappa shape index (κ3) is 7.06. The Morgan fingerprint density at radius 3 is 2.46 bits per heavy atom. The number of aromatic nitrogens is 2. The molecule has 3 aromatic carbocycles. The summed E-state index contributed by atoms with van der Waals surface area (Å²) in [5.74, 6) is 0.826. The summed E-state index contributed by atoms with van der Waals surface area (Å²) in [6, 6.07) is 18.3. The van der Waals surface area contributed by atoms with E-state index in [0.717, 1.165) is 16.1 Å². The van der Waals surface area contributed by atoms with Gasteiger partial charge in [-0.25, -0.2) is 13.4 Å². The van der Waals surface area contributed by atoms with Crippen LogP contribution >= 0.6 is 23.2 Å². The predicted molar refractivity (Wildman–Crippen MR) is 159 cm³/mol. The van der Waals surface area contributed by atoms with Crippen molar-refractivity contribution in [2.24, 2.45) is 0 Å². The Hall–Kier alpha value is -3.22. The van der Waals surface area contributed by atoms with Crippen LogP contribution in [0.3, 0.4) is 0 Å². The highest BCUT2D eigenvalue weighted by molar-refractivity contribution is 7.92. The standard InChI is InChI=1S/C26H26Cl2N6O3S2/c1-16(15-35)31-25-21(14-30-26(33-25)32-19-5-3-6-20(13-19)38(2)29)17-9-11-18(12-10-17)34-39(36,37)23-8-4-7-22(27)24(23)28/h3-14,16,29,34-35H,15H2,1-2H3,(H2,30,31,32,33)/t16-,38?/m1/s1. The molecule has 0 fully saturated rings. The van der Waals surface area contributed by atoms with Crippen molar-refractivity contribution in [1.82, 2.24) is 9.97 Å². The maximum atomic E-state index is 12.9. The first kappa shape index (κ1) is 28.8. The molecule has 1 heterocycles. The van der Waals surface area contributed by atoms with Crippen molar-refractivity contribution in [2.75, 3.05) is 28.2 Å². The van der Waals surface area contributed by atoms with Gasteiger partial charge >= 0.3 is 0 Å². The Kier molecular flexibility index (Phi) is 9.08. The largest absolute Gasteiger partial charge is 0.394 e. The summed E-state index contributed by atoms with van der Waals surface area (Å²) in [5, 5.41) is 16.0. The lowest BCUT2D eigenvalue weighted by molar-refractivity contribution is 0.281. The summed E-state index contributed by atoms with van der Waals surface area (Å²) in [7, 11) is -4.60. The summed E-state index contributed by atoms with van der Waals surface area (Å²) in [5.41, 5.74) is 2.47. The zero-order valence-corrected chi connectivity index (χ0v) is 24.1. The lowest BCUT2D eigenvalue weighted by atomic mass is 10.1. The van der Waals surface area contributed by atoms with Crippen molar-refractivity contribution in [3.8, 4) is 11.1 Å². The summed E-state index contributed by atoms with van der Waals surface area (Å²) in [6.07, 6.45) is 3.47. The minimum absolute atomic E-state index is 0.0517. The fourth-order valence-electron chi connectivity index (χ4n) is 3.56. The molecule has 5 N–H and O–H groups in total. The number of benzene rings is 3. The second-order valence-electron chi connectivity index (χ2n) is 8.58. The fraction of sp³-hybridized carbons (Fsp3) is 0.154. The Balaban J connectivity index is 1.61. The molecule has 0 bridgehead atoms. The van der Waals surface area contributed by atoms with Crippen LogP contribution in [0.15, 0.2) is 82.7 Å². The number of sulfonamides is 1. The van der Waals surface area contributed by atoms with E-state index in [0.29, 0.717) is 23.0 Å². The van der Waals surface area contributed by atoms with Gasteiger partial charge in [0.25, 0.3) is 10.0 Å². The molecule has 4 rings (SSSR count). The number of rotatable bonds is 10. The molecule has 13 heteroatoms.